The average molecular weight is 242 g/mol. The first-order valence-corrected chi connectivity index (χ1v) is 6.54. The van der Waals surface area contributed by atoms with Crippen molar-refractivity contribution in [3.05, 3.63) is 52.8 Å². The summed E-state index contributed by atoms with van der Waals surface area (Å²) in [4.78, 5) is 0. The van der Waals surface area contributed by atoms with Crippen molar-refractivity contribution < 1.29 is 5.11 Å². The molecule has 0 amide bonds. The largest absolute Gasteiger partial charge is 0.385 e. The van der Waals surface area contributed by atoms with E-state index in [-0.39, 0.29) is 5.41 Å². The second kappa shape index (κ2) is 4.42. The average Bonchev–Trinajstić information content (AvgIpc) is 2.25. The van der Waals surface area contributed by atoms with E-state index in [2.05, 4.69) is 43.8 Å². The van der Waals surface area contributed by atoms with Gasteiger partial charge in [0.2, 0.25) is 0 Å². The molecule has 0 aromatic heterocycles. The highest BCUT2D eigenvalue weighted by Gasteiger charge is 2.50. The van der Waals surface area contributed by atoms with E-state index in [1.807, 2.05) is 19.9 Å². The van der Waals surface area contributed by atoms with Gasteiger partial charge in [0.1, 0.15) is 0 Å². The monoisotopic (exact) mass is 242 g/mol. The standard InChI is InChI=1S/C17H22O/c1-13(2)9-10-17(18)11-16(4,12-17)15-7-5-14(3)6-8-15/h5-8,10,18H,11-12H2,1-4H3. The smallest absolute Gasteiger partial charge is 0.0917 e. The van der Waals surface area contributed by atoms with Gasteiger partial charge in [-0.3, -0.25) is 0 Å². The van der Waals surface area contributed by atoms with Crippen molar-refractivity contribution in [1.82, 2.24) is 0 Å². The summed E-state index contributed by atoms with van der Waals surface area (Å²) in [5.41, 5.74) is 6.26. The first-order valence-electron chi connectivity index (χ1n) is 6.54. The van der Waals surface area contributed by atoms with Crippen LogP contribution in [0.4, 0.5) is 0 Å². The van der Waals surface area contributed by atoms with Crippen LogP contribution >= 0.6 is 0 Å². The van der Waals surface area contributed by atoms with Crippen molar-refractivity contribution in [2.24, 2.45) is 0 Å². The van der Waals surface area contributed by atoms with Gasteiger partial charge in [-0.05, 0) is 56.2 Å². The molecule has 0 unspecified atom stereocenters. The van der Waals surface area contributed by atoms with Gasteiger partial charge in [-0.15, -0.1) is 5.73 Å². The Labute approximate surface area is 110 Å². The number of hydrogen-bond donors (Lipinski definition) is 1. The summed E-state index contributed by atoms with van der Waals surface area (Å²) < 4.78 is 0. The first-order chi connectivity index (χ1) is 8.33. The van der Waals surface area contributed by atoms with Gasteiger partial charge in [-0.1, -0.05) is 36.8 Å². The molecular weight excluding hydrogens is 220 g/mol. The third-order valence-corrected chi connectivity index (χ3v) is 3.77. The van der Waals surface area contributed by atoms with E-state index in [9.17, 15) is 5.11 Å². The minimum atomic E-state index is -0.670. The van der Waals surface area contributed by atoms with Crippen LogP contribution < -0.4 is 0 Å². The highest BCUT2D eigenvalue weighted by molar-refractivity contribution is 5.34. The lowest BCUT2D eigenvalue weighted by Gasteiger charge is -2.50. The molecule has 1 aliphatic rings. The van der Waals surface area contributed by atoms with Crippen molar-refractivity contribution in [3.63, 3.8) is 0 Å². The summed E-state index contributed by atoms with van der Waals surface area (Å²) in [5.74, 6) is 0. The molecule has 0 atom stereocenters. The Kier molecular flexibility index (Phi) is 3.23. The maximum Gasteiger partial charge on any atom is 0.0917 e. The van der Waals surface area contributed by atoms with E-state index in [0.29, 0.717) is 0 Å². The molecule has 0 radical (unpaired) electrons. The van der Waals surface area contributed by atoms with Crippen molar-refractivity contribution >= 4 is 0 Å². The van der Waals surface area contributed by atoms with Crippen LogP contribution in [0.15, 0.2) is 41.6 Å². The molecule has 1 aromatic carbocycles. The molecule has 1 N–H and O–H groups in total. The Hall–Kier alpha value is -1.30. The quantitative estimate of drug-likeness (QED) is 0.780. The maximum atomic E-state index is 10.4. The number of aryl methyl sites for hydroxylation is 1. The van der Waals surface area contributed by atoms with Gasteiger partial charge < -0.3 is 5.11 Å². The van der Waals surface area contributed by atoms with Crippen LogP contribution in [-0.4, -0.2) is 10.7 Å². The van der Waals surface area contributed by atoms with Gasteiger partial charge in [0, 0.05) is 0 Å². The lowest BCUT2D eigenvalue weighted by molar-refractivity contribution is -0.0437. The molecule has 18 heavy (non-hydrogen) atoms. The third-order valence-electron chi connectivity index (χ3n) is 3.77. The second-order valence-corrected chi connectivity index (χ2v) is 6.17. The zero-order valence-corrected chi connectivity index (χ0v) is 11.7. The van der Waals surface area contributed by atoms with Gasteiger partial charge >= 0.3 is 0 Å². The Morgan fingerprint density at radius 1 is 1.22 bits per heavy atom. The fourth-order valence-corrected chi connectivity index (χ4v) is 2.84. The van der Waals surface area contributed by atoms with Crippen molar-refractivity contribution in [2.75, 3.05) is 0 Å². The predicted octanol–water partition coefficient (Wildman–Crippen LogP) is 3.90. The Morgan fingerprint density at radius 2 is 1.78 bits per heavy atom. The van der Waals surface area contributed by atoms with Crippen molar-refractivity contribution in [1.29, 1.82) is 0 Å². The maximum absolute atomic E-state index is 10.4. The minimum absolute atomic E-state index is 0.0995. The summed E-state index contributed by atoms with van der Waals surface area (Å²) in [5, 5.41) is 10.4. The normalized spacial score (nSPS) is 30.3. The number of benzene rings is 1. The second-order valence-electron chi connectivity index (χ2n) is 6.17. The van der Waals surface area contributed by atoms with Gasteiger partial charge in [0.05, 0.1) is 5.60 Å². The molecular formula is C17H22O. The molecule has 96 valence electrons. The van der Waals surface area contributed by atoms with Crippen LogP contribution in [0.5, 0.6) is 0 Å². The highest BCUT2D eigenvalue weighted by atomic mass is 16.3. The van der Waals surface area contributed by atoms with Crippen LogP contribution in [0.2, 0.25) is 0 Å². The molecule has 1 nitrogen and oxygen atoms in total. The Bertz CT molecular complexity index is 491. The molecule has 0 bridgehead atoms. The van der Waals surface area contributed by atoms with E-state index in [1.165, 1.54) is 11.1 Å². The molecule has 1 saturated carbocycles. The zero-order chi connectivity index (χ0) is 13.4. The van der Waals surface area contributed by atoms with Gasteiger partial charge in [0.25, 0.3) is 0 Å². The summed E-state index contributed by atoms with van der Waals surface area (Å²) in [6.45, 7) is 8.32. The predicted molar refractivity (Wildman–Crippen MR) is 75.7 cm³/mol. The van der Waals surface area contributed by atoms with E-state index in [0.717, 1.165) is 18.4 Å². The lowest BCUT2D eigenvalue weighted by atomic mass is 9.57. The zero-order valence-electron chi connectivity index (χ0n) is 11.7. The molecule has 0 spiro atoms. The fraction of sp³-hybridized carbons (Fsp3) is 0.471. The van der Waals surface area contributed by atoms with E-state index < -0.39 is 5.60 Å². The highest BCUT2D eigenvalue weighted by Crippen LogP contribution is 2.50. The number of hydrogen-bond acceptors (Lipinski definition) is 1. The SMILES string of the molecule is CC(C)=C=CC1(O)CC(C)(c2ccc(C)cc2)C1. The summed E-state index contributed by atoms with van der Waals surface area (Å²) in [6, 6.07) is 8.65. The molecule has 1 heteroatoms. The topological polar surface area (TPSA) is 20.2 Å². The van der Waals surface area contributed by atoms with Gasteiger partial charge in [-0.2, -0.15) is 0 Å². The van der Waals surface area contributed by atoms with Crippen LogP contribution in [0, 0.1) is 6.92 Å². The van der Waals surface area contributed by atoms with E-state index in [1.54, 1.807) is 0 Å². The Balaban J connectivity index is 2.15. The Morgan fingerprint density at radius 3 is 2.28 bits per heavy atom. The summed E-state index contributed by atoms with van der Waals surface area (Å²) >= 11 is 0. The van der Waals surface area contributed by atoms with E-state index in [4.69, 9.17) is 0 Å². The first kappa shape index (κ1) is 13.1. The summed E-state index contributed by atoms with van der Waals surface area (Å²) in [6.07, 6.45) is 3.39. The molecule has 1 aromatic rings. The van der Waals surface area contributed by atoms with E-state index >= 15 is 0 Å². The van der Waals surface area contributed by atoms with Crippen LogP contribution in [0.25, 0.3) is 0 Å². The van der Waals surface area contributed by atoms with Crippen molar-refractivity contribution in [2.45, 2.75) is 51.6 Å². The van der Waals surface area contributed by atoms with Crippen LogP contribution in [-0.2, 0) is 5.41 Å². The van der Waals surface area contributed by atoms with Gasteiger partial charge in [-0.25, -0.2) is 0 Å². The molecule has 0 heterocycles. The molecule has 2 rings (SSSR count). The fourth-order valence-electron chi connectivity index (χ4n) is 2.84. The van der Waals surface area contributed by atoms with Crippen LogP contribution in [0.1, 0.15) is 44.7 Å². The number of rotatable bonds is 2. The third kappa shape index (κ3) is 2.58. The molecule has 0 saturated heterocycles. The molecule has 1 aliphatic carbocycles. The summed E-state index contributed by atoms with van der Waals surface area (Å²) in [7, 11) is 0. The molecule has 0 aliphatic heterocycles. The number of aliphatic hydroxyl groups is 1. The van der Waals surface area contributed by atoms with Crippen LogP contribution in [0.3, 0.4) is 0 Å². The lowest BCUT2D eigenvalue weighted by Crippen LogP contribution is -2.51. The van der Waals surface area contributed by atoms with Gasteiger partial charge in [0.15, 0.2) is 0 Å². The minimum Gasteiger partial charge on any atom is -0.385 e. The van der Waals surface area contributed by atoms with Crippen molar-refractivity contribution in [3.8, 4) is 0 Å². The molecule has 1 fully saturated rings.